The lowest BCUT2D eigenvalue weighted by Gasteiger charge is -2.18. The first kappa shape index (κ1) is 14.8. The van der Waals surface area contributed by atoms with Crippen LogP contribution in [0.3, 0.4) is 0 Å². The first-order valence-electron chi connectivity index (χ1n) is 7.79. The van der Waals surface area contributed by atoms with E-state index in [0.29, 0.717) is 6.54 Å². The van der Waals surface area contributed by atoms with Gasteiger partial charge < -0.3 is 10.2 Å². The molecule has 1 aliphatic heterocycles. The average Bonchev–Trinajstić information content (AvgIpc) is 2.96. The van der Waals surface area contributed by atoms with Gasteiger partial charge in [-0.15, -0.1) is 0 Å². The highest BCUT2D eigenvalue weighted by Crippen LogP contribution is 2.31. The lowest BCUT2D eigenvalue weighted by Crippen LogP contribution is -2.34. The highest BCUT2D eigenvalue weighted by atomic mass is 16.1. The molecule has 0 bridgehead atoms. The molecule has 0 unspecified atom stereocenters. The van der Waals surface area contributed by atoms with E-state index in [9.17, 15) is 4.79 Å². The molecule has 1 heterocycles. The summed E-state index contributed by atoms with van der Waals surface area (Å²) < 4.78 is 0. The molecule has 0 saturated carbocycles. The van der Waals surface area contributed by atoms with Gasteiger partial charge in [0.2, 0.25) is 5.91 Å². The minimum absolute atomic E-state index is 0.0242. The Labute approximate surface area is 132 Å². The molecular weight excluding hydrogens is 272 g/mol. The van der Waals surface area contributed by atoms with Gasteiger partial charge in [0.25, 0.3) is 0 Å². The molecule has 0 aliphatic carbocycles. The standard InChI is InChI=1S/C19H22N2O/c1-21-13-17(16-10-6-3-7-11-16)18(14-21)19(22)20-12-15-8-4-2-5-9-15/h2-11,17-18H,12-14H2,1H3,(H,20,22)/t17-,18+/m0/s1. The summed E-state index contributed by atoms with van der Waals surface area (Å²) in [6, 6.07) is 20.4. The lowest BCUT2D eigenvalue weighted by atomic mass is 9.88. The average molecular weight is 294 g/mol. The molecule has 2 aromatic carbocycles. The summed E-state index contributed by atoms with van der Waals surface area (Å²) in [6.45, 7) is 2.36. The maximum atomic E-state index is 12.6. The van der Waals surface area contributed by atoms with E-state index in [2.05, 4.69) is 29.4 Å². The van der Waals surface area contributed by atoms with Crippen LogP contribution in [0.2, 0.25) is 0 Å². The molecule has 114 valence electrons. The molecular formula is C19H22N2O. The third kappa shape index (κ3) is 3.37. The van der Waals surface area contributed by atoms with Crippen molar-refractivity contribution in [2.75, 3.05) is 20.1 Å². The van der Waals surface area contributed by atoms with E-state index in [1.165, 1.54) is 5.56 Å². The van der Waals surface area contributed by atoms with Crippen molar-refractivity contribution in [3.8, 4) is 0 Å². The zero-order valence-electron chi connectivity index (χ0n) is 12.9. The summed E-state index contributed by atoms with van der Waals surface area (Å²) in [7, 11) is 2.08. The van der Waals surface area contributed by atoms with E-state index < -0.39 is 0 Å². The fourth-order valence-corrected chi connectivity index (χ4v) is 3.22. The third-order valence-corrected chi connectivity index (χ3v) is 4.38. The van der Waals surface area contributed by atoms with Gasteiger partial charge in [-0.05, 0) is 18.2 Å². The Morgan fingerprint density at radius 1 is 1.05 bits per heavy atom. The second kappa shape index (κ2) is 6.75. The van der Waals surface area contributed by atoms with Crippen molar-refractivity contribution in [3.63, 3.8) is 0 Å². The zero-order chi connectivity index (χ0) is 15.4. The van der Waals surface area contributed by atoms with Crippen LogP contribution >= 0.6 is 0 Å². The monoisotopic (exact) mass is 294 g/mol. The van der Waals surface area contributed by atoms with E-state index in [0.717, 1.165) is 18.7 Å². The molecule has 0 aromatic heterocycles. The van der Waals surface area contributed by atoms with Crippen LogP contribution in [0.15, 0.2) is 60.7 Å². The van der Waals surface area contributed by atoms with Crippen molar-refractivity contribution < 1.29 is 4.79 Å². The quantitative estimate of drug-likeness (QED) is 0.940. The predicted octanol–water partition coefficient (Wildman–Crippen LogP) is 2.65. The number of rotatable bonds is 4. The number of carbonyl (C=O) groups is 1. The minimum atomic E-state index is 0.0242. The molecule has 2 aromatic rings. The van der Waals surface area contributed by atoms with Gasteiger partial charge in [-0.1, -0.05) is 60.7 Å². The van der Waals surface area contributed by atoms with Gasteiger partial charge in [0.15, 0.2) is 0 Å². The largest absolute Gasteiger partial charge is 0.352 e. The molecule has 1 fully saturated rings. The van der Waals surface area contributed by atoms with Gasteiger partial charge in [0.1, 0.15) is 0 Å². The Morgan fingerprint density at radius 3 is 2.36 bits per heavy atom. The van der Waals surface area contributed by atoms with Crippen LogP contribution in [0.1, 0.15) is 17.0 Å². The smallest absolute Gasteiger partial charge is 0.225 e. The predicted molar refractivity (Wildman–Crippen MR) is 88.5 cm³/mol. The fraction of sp³-hybridized carbons (Fsp3) is 0.316. The van der Waals surface area contributed by atoms with Gasteiger partial charge in [0.05, 0.1) is 5.92 Å². The molecule has 1 aliphatic rings. The molecule has 3 heteroatoms. The Morgan fingerprint density at radius 2 is 1.68 bits per heavy atom. The van der Waals surface area contributed by atoms with E-state index in [1.807, 2.05) is 48.5 Å². The topological polar surface area (TPSA) is 32.3 Å². The Hall–Kier alpha value is -2.13. The van der Waals surface area contributed by atoms with Crippen molar-refractivity contribution >= 4 is 5.91 Å². The van der Waals surface area contributed by atoms with E-state index in [-0.39, 0.29) is 17.7 Å². The highest BCUT2D eigenvalue weighted by molar-refractivity contribution is 5.80. The zero-order valence-corrected chi connectivity index (χ0v) is 12.9. The lowest BCUT2D eigenvalue weighted by molar-refractivity contribution is -0.125. The van der Waals surface area contributed by atoms with Crippen molar-refractivity contribution in [2.45, 2.75) is 12.5 Å². The van der Waals surface area contributed by atoms with Crippen LogP contribution in [0.4, 0.5) is 0 Å². The first-order chi connectivity index (χ1) is 10.7. The van der Waals surface area contributed by atoms with Crippen LogP contribution < -0.4 is 5.32 Å². The number of nitrogens with zero attached hydrogens (tertiary/aromatic N) is 1. The number of hydrogen-bond acceptors (Lipinski definition) is 2. The number of benzene rings is 2. The van der Waals surface area contributed by atoms with Crippen molar-refractivity contribution in [1.82, 2.24) is 10.2 Å². The molecule has 3 nitrogen and oxygen atoms in total. The number of likely N-dealkylation sites (tertiary alicyclic amines) is 1. The number of hydrogen-bond donors (Lipinski definition) is 1. The first-order valence-corrected chi connectivity index (χ1v) is 7.79. The molecule has 3 rings (SSSR count). The summed E-state index contributed by atoms with van der Waals surface area (Å²) >= 11 is 0. The summed E-state index contributed by atoms with van der Waals surface area (Å²) in [5.74, 6) is 0.458. The van der Waals surface area contributed by atoms with Crippen LogP contribution in [0.5, 0.6) is 0 Å². The Bertz CT molecular complexity index is 612. The second-order valence-electron chi connectivity index (χ2n) is 6.05. The van der Waals surface area contributed by atoms with E-state index >= 15 is 0 Å². The summed E-state index contributed by atoms with van der Waals surface area (Å²) in [4.78, 5) is 14.9. The third-order valence-electron chi connectivity index (χ3n) is 4.38. The molecule has 0 radical (unpaired) electrons. The van der Waals surface area contributed by atoms with Crippen LogP contribution in [0, 0.1) is 5.92 Å². The van der Waals surface area contributed by atoms with Gasteiger partial charge in [-0.3, -0.25) is 4.79 Å². The van der Waals surface area contributed by atoms with Crippen LogP contribution in [0.25, 0.3) is 0 Å². The molecule has 1 saturated heterocycles. The van der Waals surface area contributed by atoms with Gasteiger partial charge in [-0.2, -0.15) is 0 Å². The number of likely N-dealkylation sites (N-methyl/N-ethyl adjacent to an activating group) is 1. The molecule has 22 heavy (non-hydrogen) atoms. The van der Waals surface area contributed by atoms with Gasteiger partial charge in [0, 0.05) is 25.6 Å². The number of amides is 1. The highest BCUT2D eigenvalue weighted by Gasteiger charge is 2.36. The van der Waals surface area contributed by atoms with Crippen molar-refractivity contribution in [1.29, 1.82) is 0 Å². The van der Waals surface area contributed by atoms with E-state index in [4.69, 9.17) is 0 Å². The molecule has 1 N–H and O–H groups in total. The maximum Gasteiger partial charge on any atom is 0.225 e. The fourth-order valence-electron chi connectivity index (χ4n) is 3.22. The molecule has 2 atom stereocenters. The van der Waals surface area contributed by atoms with Crippen LogP contribution in [-0.2, 0) is 11.3 Å². The second-order valence-corrected chi connectivity index (χ2v) is 6.05. The summed E-state index contributed by atoms with van der Waals surface area (Å²) in [5, 5.41) is 3.10. The van der Waals surface area contributed by atoms with Crippen LogP contribution in [-0.4, -0.2) is 30.9 Å². The number of nitrogens with one attached hydrogen (secondary N) is 1. The van der Waals surface area contributed by atoms with E-state index in [1.54, 1.807) is 0 Å². The summed E-state index contributed by atoms with van der Waals surface area (Å²) in [5.41, 5.74) is 2.39. The molecule has 1 amide bonds. The number of carbonyl (C=O) groups excluding carboxylic acids is 1. The van der Waals surface area contributed by atoms with Gasteiger partial charge in [-0.25, -0.2) is 0 Å². The normalized spacial score (nSPS) is 21.7. The Kier molecular flexibility index (Phi) is 4.54. The minimum Gasteiger partial charge on any atom is -0.352 e. The van der Waals surface area contributed by atoms with Crippen molar-refractivity contribution in [2.24, 2.45) is 5.92 Å². The van der Waals surface area contributed by atoms with Crippen molar-refractivity contribution in [3.05, 3.63) is 71.8 Å². The SMILES string of the molecule is CN1C[C@@H](C(=O)NCc2ccccc2)[C@H](c2ccccc2)C1. The van der Waals surface area contributed by atoms with Gasteiger partial charge >= 0.3 is 0 Å². The molecule has 0 spiro atoms. The summed E-state index contributed by atoms with van der Waals surface area (Å²) in [6.07, 6.45) is 0. The maximum absolute atomic E-state index is 12.6. The Balaban J connectivity index is 1.67.